The molecule has 1 atom stereocenters. The highest BCUT2D eigenvalue weighted by Crippen LogP contribution is 2.10. The Morgan fingerprint density at radius 3 is 2.50 bits per heavy atom. The lowest BCUT2D eigenvalue weighted by Gasteiger charge is -2.20. The Bertz CT molecular complexity index is 354. The van der Waals surface area contributed by atoms with Gasteiger partial charge in [0.05, 0.1) is 12.7 Å². The van der Waals surface area contributed by atoms with Gasteiger partial charge in [-0.1, -0.05) is 31.2 Å². The molecule has 0 aromatic heterocycles. The highest BCUT2D eigenvalue weighted by atomic mass is 16.5. The van der Waals surface area contributed by atoms with Crippen LogP contribution in [-0.4, -0.2) is 11.6 Å². The average molecular weight is 249 g/mol. The lowest BCUT2D eigenvalue weighted by Crippen LogP contribution is -2.35. The smallest absolute Gasteiger partial charge is 0.0720 e. The first-order chi connectivity index (χ1) is 8.40. The molecule has 0 saturated carbocycles. The molecule has 1 N–H and O–H groups in total. The number of rotatable bonds is 6. The fraction of sp³-hybridized carbons (Fsp3) is 0.625. The van der Waals surface area contributed by atoms with Crippen molar-refractivity contribution in [1.29, 1.82) is 0 Å². The summed E-state index contributed by atoms with van der Waals surface area (Å²) in [6.07, 6.45) is 1.40. The molecule has 1 aromatic rings. The minimum Gasteiger partial charge on any atom is -0.374 e. The third-order valence-electron chi connectivity index (χ3n) is 2.92. The Morgan fingerprint density at radius 1 is 1.22 bits per heavy atom. The van der Waals surface area contributed by atoms with Crippen molar-refractivity contribution in [2.75, 3.05) is 0 Å². The quantitative estimate of drug-likeness (QED) is 0.826. The Kier molecular flexibility index (Phi) is 5.83. The molecule has 0 bridgehead atoms. The van der Waals surface area contributed by atoms with Crippen molar-refractivity contribution < 1.29 is 4.74 Å². The van der Waals surface area contributed by atoms with Crippen LogP contribution in [0, 0.1) is 0 Å². The van der Waals surface area contributed by atoms with Gasteiger partial charge < -0.3 is 10.1 Å². The molecule has 0 heterocycles. The van der Waals surface area contributed by atoms with Crippen LogP contribution in [-0.2, 0) is 17.9 Å². The van der Waals surface area contributed by atoms with Crippen molar-refractivity contribution in [3.05, 3.63) is 35.4 Å². The third-order valence-corrected chi connectivity index (χ3v) is 2.92. The first kappa shape index (κ1) is 15.2. The normalized spacial score (nSPS) is 13.6. The van der Waals surface area contributed by atoms with E-state index in [-0.39, 0.29) is 5.54 Å². The first-order valence-electron chi connectivity index (χ1n) is 6.85. The maximum Gasteiger partial charge on any atom is 0.0720 e. The molecule has 0 aliphatic carbocycles. The standard InChI is InChI=1S/C16H27NO/c1-6-13(2)18-12-15-9-7-8-14(10-15)11-17-16(3,4)5/h7-10,13,17H,6,11-12H2,1-5H3. The summed E-state index contributed by atoms with van der Waals surface area (Å²) in [5, 5.41) is 3.50. The number of benzene rings is 1. The summed E-state index contributed by atoms with van der Waals surface area (Å²) in [5.74, 6) is 0. The largest absolute Gasteiger partial charge is 0.374 e. The van der Waals surface area contributed by atoms with E-state index in [2.05, 4.69) is 64.2 Å². The summed E-state index contributed by atoms with van der Waals surface area (Å²) in [4.78, 5) is 0. The van der Waals surface area contributed by atoms with Crippen molar-refractivity contribution in [1.82, 2.24) is 5.32 Å². The number of ether oxygens (including phenoxy) is 1. The third kappa shape index (κ3) is 6.18. The molecule has 2 nitrogen and oxygen atoms in total. The molecule has 0 amide bonds. The minimum atomic E-state index is 0.156. The van der Waals surface area contributed by atoms with Crippen LogP contribution in [0.3, 0.4) is 0 Å². The van der Waals surface area contributed by atoms with E-state index in [0.717, 1.165) is 13.0 Å². The Labute approximate surface area is 112 Å². The Hall–Kier alpha value is -0.860. The van der Waals surface area contributed by atoms with Crippen molar-refractivity contribution in [3.8, 4) is 0 Å². The second-order valence-electron chi connectivity index (χ2n) is 5.95. The van der Waals surface area contributed by atoms with E-state index < -0.39 is 0 Å². The molecule has 102 valence electrons. The zero-order valence-corrected chi connectivity index (χ0v) is 12.4. The fourth-order valence-corrected chi connectivity index (χ4v) is 1.55. The van der Waals surface area contributed by atoms with Gasteiger partial charge in [-0.25, -0.2) is 0 Å². The van der Waals surface area contributed by atoms with Crippen LogP contribution >= 0.6 is 0 Å². The molecular formula is C16H27NO. The molecule has 1 unspecified atom stereocenters. The minimum absolute atomic E-state index is 0.156. The van der Waals surface area contributed by atoms with Crippen molar-refractivity contribution in [2.45, 2.75) is 65.8 Å². The van der Waals surface area contributed by atoms with Crippen LogP contribution in [0.15, 0.2) is 24.3 Å². The van der Waals surface area contributed by atoms with Gasteiger partial charge in [-0.3, -0.25) is 0 Å². The average Bonchev–Trinajstić information content (AvgIpc) is 2.33. The zero-order chi connectivity index (χ0) is 13.6. The predicted octanol–water partition coefficient (Wildman–Crippen LogP) is 3.89. The predicted molar refractivity (Wildman–Crippen MR) is 77.6 cm³/mol. The highest BCUT2D eigenvalue weighted by Gasteiger charge is 2.08. The van der Waals surface area contributed by atoms with Gasteiger partial charge in [0.25, 0.3) is 0 Å². The van der Waals surface area contributed by atoms with Gasteiger partial charge in [-0.2, -0.15) is 0 Å². The maximum atomic E-state index is 5.76. The van der Waals surface area contributed by atoms with Gasteiger partial charge in [0.1, 0.15) is 0 Å². The SMILES string of the molecule is CCC(C)OCc1cccc(CNC(C)(C)C)c1. The van der Waals surface area contributed by atoms with Crippen LogP contribution in [0.1, 0.15) is 52.2 Å². The van der Waals surface area contributed by atoms with E-state index in [0.29, 0.717) is 12.7 Å². The summed E-state index contributed by atoms with van der Waals surface area (Å²) in [6.45, 7) is 12.4. The van der Waals surface area contributed by atoms with Crippen molar-refractivity contribution in [2.24, 2.45) is 0 Å². The Balaban J connectivity index is 2.51. The molecule has 1 rings (SSSR count). The lowest BCUT2D eigenvalue weighted by atomic mass is 10.1. The summed E-state index contributed by atoms with van der Waals surface area (Å²) in [7, 11) is 0. The van der Waals surface area contributed by atoms with Gasteiger partial charge in [-0.05, 0) is 45.2 Å². The van der Waals surface area contributed by atoms with Crippen LogP contribution in [0.5, 0.6) is 0 Å². The maximum absolute atomic E-state index is 5.76. The molecular weight excluding hydrogens is 222 g/mol. The summed E-state index contributed by atoms with van der Waals surface area (Å²) >= 11 is 0. The van der Waals surface area contributed by atoms with E-state index in [1.165, 1.54) is 11.1 Å². The van der Waals surface area contributed by atoms with Gasteiger partial charge in [0.2, 0.25) is 0 Å². The summed E-state index contributed by atoms with van der Waals surface area (Å²) in [5.41, 5.74) is 2.72. The van der Waals surface area contributed by atoms with Crippen molar-refractivity contribution >= 4 is 0 Å². The van der Waals surface area contributed by atoms with Crippen LogP contribution in [0.2, 0.25) is 0 Å². The Morgan fingerprint density at radius 2 is 1.89 bits per heavy atom. The monoisotopic (exact) mass is 249 g/mol. The summed E-state index contributed by atoms with van der Waals surface area (Å²) < 4.78 is 5.76. The molecule has 0 aliphatic rings. The molecule has 0 spiro atoms. The van der Waals surface area contributed by atoms with Crippen LogP contribution < -0.4 is 5.32 Å². The van der Waals surface area contributed by atoms with E-state index >= 15 is 0 Å². The van der Waals surface area contributed by atoms with Gasteiger partial charge in [0, 0.05) is 12.1 Å². The number of hydrogen-bond acceptors (Lipinski definition) is 2. The molecule has 1 aromatic carbocycles. The molecule has 18 heavy (non-hydrogen) atoms. The highest BCUT2D eigenvalue weighted by molar-refractivity contribution is 5.23. The van der Waals surface area contributed by atoms with E-state index in [1.54, 1.807) is 0 Å². The van der Waals surface area contributed by atoms with E-state index in [4.69, 9.17) is 4.74 Å². The lowest BCUT2D eigenvalue weighted by molar-refractivity contribution is 0.0508. The van der Waals surface area contributed by atoms with Crippen LogP contribution in [0.25, 0.3) is 0 Å². The van der Waals surface area contributed by atoms with Crippen molar-refractivity contribution in [3.63, 3.8) is 0 Å². The fourth-order valence-electron chi connectivity index (χ4n) is 1.55. The van der Waals surface area contributed by atoms with E-state index in [9.17, 15) is 0 Å². The van der Waals surface area contributed by atoms with Gasteiger partial charge >= 0.3 is 0 Å². The van der Waals surface area contributed by atoms with Gasteiger partial charge in [0.15, 0.2) is 0 Å². The molecule has 0 fully saturated rings. The van der Waals surface area contributed by atoms with Gasteiger partial charge in [-0.15, -0.1) is 0 Å². The molecule has 0 aliphatic heterocycles. The molecule has 0 saturated heterocycles. The summed E-state index contributed by atoms with van der Waals surface area (Å²) in [6, 6.07) is 8.62. The molecule has 0 radical (unpaired) electrons. The van der Waals surface area contributed by atoms with Crippen LogP contribution in [0.4, 0.5) is 0 Å². The second-order valence-corrected chi connectivity index (χ2v) is 5.95. The number of hydrogen-bond donors (Lipinski definition) is 1. The zero-order valence-electron chi connectivity index (χ0n) is 12.4. The second kappa shape index (κ2) is 6.91. The topological polar surface area (TPSA) is 21.3 Å². The molecule has 2 heteroatoms. The first-order valence-corrected chi connectivity index (χ1v) is 6.85. The van der Waals surface area contributed by atoms with E-state index in [1.807, 2.05) is 0 Å². The number of nitrogens with one attached hydrogen (secondary N) is 1.